The zero-order valence-corrected chi connectivity index (χ0v) is 13.6. The van der Waals surface area contributed by atoms with Crippen LogP contribution in [0.5, 0.6) is 0 Å². The standard InChI is InChI=1S/C18H31N3/c1-2-6-15-9-11-17(12-10-15)21-14-13-19-18(21)20-16-7-4-3-5-8-16/h13-17H,2-12H2,1H3,(H,19,20). The first-order valence-corrected chi connectivity index (χ1v) is 9.16. The van der Waals surface area contributed by atoms with E-state index < -0.39 is 0 Å². The van der Waals surface area contributed by atoms with Crippen LogP contribution in [0.4, 0.5) is 5.95 Å². The summed E-state index contributed by atoms with van der Waals surface area (Å²) in [6.07, 6.45) is 19.2. The zero-order chi connectivity index (χ0) is 14.5. The second kappa shape index (κ2) is 7.33. The van der Waals surface area contributed by atoms with Crippen LogP contribution in [-0.2, 0) is 0 Å². The van der Waals surface area contributed by atoms with E-state index in [1.165, 1.54) is 70.6 Å². The van der Waals surface area contributed by atoms with E-state index in [0.29, 0.717) is 12.1 Å². The number of anilines is 1. The van der Waals surface area contributed by atoms with E-state index in [9.17, 15) is 0 Å². The third-order valence-electron chi connectivity index (χ3n) is 5.51. The van der Waals surface area contributed by atoms with Gasteiger partial charge in [-0.3, -0.25) is 0 Å². The van der Waals surface area contributed by atoms with Crippen molar-refractivity contribution in [3.8, 4) is 0 Å². The molecule has 2 saturated carbocycles. The average Bonchev–Trinajstić information content (AvgIpc) is 2.98. The molecule has 2 aliphatic rings. The normalized spacial score (nSPS) is 27.7. The summed E-state index contributed by atoms with van der Waals surface area (Å²) in [6, 6.07) is 1.32. The number of hydrogen-bond donors (Lipinski definition) is 1. The molecule has 0 spiro atoms. The largest absolute Gasteiger partial charge is 0.353 e. The van der Waals surface area contributed by atoms with Gasteiger partial charge in [-0.05, 0) is 44.4 Å². The van der Waals surface area contributed by atoms with Gasteiger partial charge in [0, 0.05) is 24.5 Å². The highest BCUT2D eigenvalue weighted by Crippen LogP contribution is 2.36. The maximum Gasteiger partial charge on any atom is 0.203 e. The highest BCUT2D eigenvalue weighted by atomic mass is 15.2. The Morgan fingerprint density at radius 3 is 2.57 bits per heavy atom. The number of rotatable bonds is 5. The highest BCUT2D eigenvalue weighted by molar-refractivity contribution is 5.28. The number of nitrogens with zero attached hydrogens (tertiary/aromatic N) is 2. The molecule has 3 rings (SSSR count). The fourth-order valence-electron chi connectivity index (χ4n) is 4.27. The molecule has 1 aromatic rings. The van der Waals surface area contributed by atoms with Crippen molar-refractivity contribution in [2.45, 2.75) is 89.6 Å². The van der Waals surface area contributed by atoms with Gasteiger partial charge in [0.25, 0.3) is 0 Å². The number of imidazole rings is 1. The van der Waals surface area contributed by atoms with Crippen molar-refractivity contribution < 1.29 is 0 Å². The minimum absolute atomic E-state index is 0.649. The summed E-state index contributed by atoms with van der Waals surface area (Å²) in [5.41, 5.74) is 0. The summed E-state index contributed by atoms with van der Waals surface area (Å²) in [5, 5.41) is 3.71. The Hall–Kier alpha value is -0.990. The Bertz CT molecular complexity index is 412. The van der Waals surface area contributed by atoms with Crippen LogP contribution in [0.1, 0.15) is 83.6 Å². The van der Waals surface area contributed by atoms with Crippen molar-refractivity contribution in [2.24, 2.45) is 5.92 Å². The molecular weight excluding hydrogens is 258 g/mol. The monoisotopic (exact) mass is 289 g/mol. The SMILES string of the molecule is CCCC1CCC(n2ccnc2NC2CCCCC2)CC1. The molecule has 0 amide bonds. The van der Waals surface area contributed by atoms with E-state index in [0.717, 1.165) is 11.9 Å². The quantitative estimate of drug-likeness (QED) is 0.811. The van der Waals surface area contributed by atoms with Crippen LogP contribution in [-0.4, -0.2) is 15.6 Å². The molecule has 21 heavy (non-hydrogen) atoms. The molecule has 0 unspecified atom stereocenters. The van der Waals surface area contributed by atoms with Gasteiger partial charge < -0.3 is 9.88 Å². The van der Waals surface area contributed by atoms with Gasteiger partial charge in [-0.2, -0.15) is 0 Å². The fraction of sp³-hybridized carbons (Fsp3) is 0.833. The lowest BCUT2D eigenvalue weighted by Crippen LogP contribution is -2.26. The van der Waals surface area contributed by atoms with Crippen LogP contribution in [0.25, 0.3) is 0 Å². The minimum atomic E-state index is 0.649. The molecular formula is C18H31N3. The van der Waals surface area contributed by atoms with Crippen LogP contribution in [0.15, 0.2) is 12.4 Å². The predicted molar refractivity (Wildman–Crippen MR) is 88.6 cm³/mol. The summed E-state index contributed by atoms with van der Waals surface area (Å²) in [5.74, 6) is 2.10. The van der Waals surface area contributed by atoms with E-state index in [1.54, 1.807) is 0 Å². The van der Waals surface area contributed by atoms with E-state index in [2.05, 4.69) is 28.0 Å². The van der Waals surface area contributed by atoms with Gasteiger partial charge in [0.05, 0.1) is 0 Å². The van der Waals surface area contributed by atoms with Crippen molar-refractivity contribution in [2.75, 3.05) is 5.32 Å². The lowest BCUT2D eigenvalue weighted by Gasteiger charge is -2.31. The van der Waals surface area contributed by atoms with Gasteiger partial charge in [-0.1, -0.05) is 39.0 Å². The second-order valence-electron chi connectivity index (χ2n) is 7.10. The van der Waals surface area contributed by atoms with Gasteiger partial charge in [-0.25, -0.2) is 4.98 Å². The Labute approximate surface area is 129 Å². The molecule has 1 aromatic heterocycles. The van der Waals surface area contributed by atoms with Gasteiger partial charge in [0.1, 0.15) is 0 Å². The van der Waals surface area contributed by atoms with Crippen LogP contribution >= 0.6 is 0 Å². The minimum Gasteiger partial charge on any atom is -0.353 e. The molecule has 1 heterocycles. The third-order valence-corrected chi connectivity index (χ3v) is 5.51. The first-order valence-electron chi connectivity index (χ1n) is 9.16. The molecule has 0 aromatic carbocycles. The van der Waals surface area contributed by atoms with Gasteiger partial charge in [-0.15, -0.1) is 0 Å². The molecule has 118 valence electrons. The Kier molecular flexibility index (Phi) is 5.21. The van der Waals surface area contributed by atoms with Crippen molar-refractivity contribution in [1.29, 1.82) is 0 Å². The van der Waals surface area contributed by atoms with Crippen molar-refractivity contribution in [1.82, 2.24) is 9.55 Å². The summed E-state index contributed by atoms with van der Waals surface area (Å²) < 4.78 is 2.43. The lowest BCUT2D eigenvalue weighted by atomic mass is 9.83. The molecule has 1 N–H and O–H groups in total. The van der Waals surface area contributed by atoms with E-state index in [-0.39, 0.29) is 0 Å². The molecule has 0 radical (unpaired) electrons. The fourth-order valence-corrected chi connectivity index (χ4v) is 4.27. The molecule has 0 atom stereocenters. The summed E-state index contributed by atoms with van der Waals surface area (Å²) in [6.45, 7) is 2.31. The van der Waals surface area contributed by atoms with Crippen LogP contribution in [0, 0.1) is 5.92 Å². The lowest BCUT2D eigenvalue weighted by molar-refractivity contribution is 0.263. The molecule has 3 heteroatoms. The first kappa shape index (κ1) is 14.9. The van der Waals surface area contributed by atoms with E-state index >= 15 is 0 Å². The van der Waals surface area contributed by atoms with Crippen molar-refractivity contribution in [3.05, 3.63) is 12.4 Å². The van der Waals surface area contributed by atoms with Crippen molar-refractivity contribution >= 4 is 5.95 Å². The maximum atomic E-state index is 4.59. The van der Waals surface area contributed by atoms with Gasteiger partial charge in [0.15, 0.2) is 0 Å². The molecule has 0 bridgehead atoms. The van der Waals surface area contributed by atoms with Gasteiger partial charge in [0.2, 0.25) is 5.95 Å². The molecule has 3 nitrogen and oxygen atoms in total. The molecule has 2 fully saturated rings. The van der Waals surface area contributed by atoms with Crippen LogP contribution < -0.4 is 5.32 Å². The van der Waals surface area contributed by atoms with Crippen LogP contribution in [0.3, 0.4) is 0 Å². The Morgan fingerprint density at radius 1 is 1.10 bits per heavy atom. The number of nitrogens with one attached hydrogen (secondary N) is 1. The molecule has 0 aliphatic heterocycles. The summed E-state index contributed by atoms with van der Waals surface area (Å²) >= 11 is 0. The maximum absolute atomic E-state index is 4.59. The Morgan fingerprint density at radius 2 is 1.86 bits per heavy atom. The van der Waals surface area contributed by atoms with E-state index in [4.69, 9.17) is 0 Å². The number of hydrogen-bond acceptors (Lipinski definition) is 2. The summed E-state index contributed by atoms with van der Waals surface area (Å²) in [4.78, 5) is 4.59. The Balaban J connectivity index is 1.57. The molecule has 0 saturated heterocycles. The van der Waals surface area contributed by atoms with Gasteiger partial charge >= 0.3 is 0 Å². The zero-order valence-electron chi connectivity index (χ0n) is 13.6. The smallest absolute Gasteiger partial charge is 0.203 e. The topological polar surface area (TPSA) is 29.9 Å². The number of aromatic nitrogens is 2. The predicted octanol–water partition coefficient (Wildman–Crippen LogP) is 5.16. The average molecular weight is 289 g/mol. The van der Waals surface area contributed by atoms with Crippen LogP contribution in [0.2, 0.25) is 0 Å². The summed E-state index contributed by atoms with van der Waals surface area (Å²) in [7, 11) is 0. The second-order valence-corrected chi connectivity index (χ2v) is 7.10. The third kappa shape index (κ3) is 3.81. The van der Waals surface area contributed by atoms with E-state index in [1.807, 2.05) is 6.20 Å². The molecule has 2 aliphatic carbocycles. The van der Waals surface area contributed by atoms with Crippen molar-refractivity contribution in [3.63, 3.8) is 0 Å². The first-order chi connectivity index (χ1) is 10.4. The highest BCUT2D eigenvalue weighted by Gasteiger charge is 2.24.